The monoisotopic (exact) mass is 465 g/mol. The number of anilines is 2. The SMILES string of the molecule is COC(=O)c1ccc(C(=O)Nc2ccncc2)cc1NC(=O)/C=C(/C)c1ccc2ccccc2c1. The number of ether oxygens (including phenoxy) is 1. The van der Waals surface area contributed by atoms with Crippen LogP contribution in [0.25, 0.3) is 16.3 Å². The van der Waals surface area contributed by atoms with Gasteiger partial charge in [-0.3, -0.25) is 14.6 Å². The van der Waals surface area contributed by atoms with Gasteiger partial charge in [0.15, 0.2) is 0 Å². The van der Waals surface area contributed by atoms with Crippen LogP contribution in [0.1, 0.15) is 33.2 Å². The lowest BCUT2D eigenvalue weighted by molar-refractivity contribution is -0.111. The van der Waals surface area contributed by atoms with Crippen LogP contribution in [-0.2, 0) is 9.53 Å². The molecular weight excluding hydrogens is 442 g/mol. The molecular formula is C28H23N3O4. The average Bonchev–Trinajstić information content (AvgIpc) is 2.88. The molecule has 7 nitrogen and oxygen atoms in total. The Bertz CT molecular complexity index is 1450. The third-order valence-electron chi connectivity index (χ3n) is 5.44. The van der Waals surface area contributed by atoms with Gasteiger partial charge in [0.1, 0.15) is 0 Å². The maximum atomic E-state index is 12.8. The molecule has 0 atom stereocenters. The van der Waals surface area contributed by atoms with Crippen molar-refractivity contribution in [3.05, 3.63) is 108 Å². The number of hydrogen-bond donors (Lipinski definition) is 2. The van der Waals surface area contributed by atoms with Crippen LogP contribution < -0.4 is 10.6 Å². The van der Waals surface area contributed by atoms with Crippen molar-refractivity contribution in [2.24, 2.45) is 0 Å². The first-order chi connectivity index (χ1) is 16.9. The second kappa shape index (κ2) is 10.4. The Morgan fingerprint density at radius 2 is 1.54 bits per heavy atom. The summed E-state index contributed by atoms with van der Waals surface area (Å²) >= 11 is 0. The topological polar surface area (TPSA) is 97.4 Å². The fourth-order valence-corrected chi connectivity index (χ4v) is 3.60. The lowest BCUT2D eigenvalue weighted by Crippen LogP contribution is -2.16. The van der Waals surface area contributed by atoms with E-state index in [0.717, 1.165) is 21.9 Å². The van der Waals surface area contributed by atoms with Gasteiger partial charge in [-0.2, -0.15) is 0 Å². The molecule has 0 aliphatic heterocycles. The normalized spacial score (nSPS) is 11.1. The molecule has 0 aliphatic rings. The maximum Gasteiger partial charge on any atom is 0.339 e. The van der Waals surface area contributed by atoms with Crippen molar-refractivity contribution in [3.63, 3.8) is 0 Å². The molecule has 7 heteroatoms. The Labute approximate surface area is 202 Å². The highest BCUT2D eigenvalue weighted by atomic mass is 16.5. The Morgan fingerprint density at radius 1 is 0.829 bits per heavy atom. The summed E-state index contributed by atoms with van der Waals surface area (Å²) in [5.41, 5.74) is 2.79. The van der Waals surface area contributed by atoms with Crippen LogP contribution in [0, 0.1) is 0 Å². The predicted molar refractivity (Wildman–Crippen MR) is 136 cm³/mol. The van der Waals surface area contributed by atoms with Gasteiger partial charge in [0.2, 0.25) is 5.91 Å². The van der Waals surface area contributed by atoms with Crippen molar-refractivity contribution in [2.45, 2.75) is 6.92 Å². The van der Waals surface area contributed by atoms with Crippen molar-refractivity contribution < 1.29 is 19.1 Å². The van der Waals surface area contributed by atoms with Crippen molar-refractivity contribution in [1.29, 1.82) is 0 Å². The maximum absolute atomic E-state index is 12.8. The smallest absolute Gasteiger partial charge is 0.339 e. The van der Waals surface area contributed by atoms with Crippen LogP contribution in [0.5, 0.6) is 0 Å². The van der Waals surface area contributed by atoms with Gasteiger partial charge in [-0.25, -0.2) is 4.79 Å². The molecule has 0 saturated carbocycles. The zero-order valence-corrected chi connectivity index (χ0v) is 19.2. The third kappa shape index (κ3) is 5.59. The number of carbonyl (C=O) groups is 3. The number of fused-ring (bicyclic) bond motifs is 1. The Balaban J connectivity index is 1.58. The van der Waals surface area contributed by atoms with E-state index in [2.05, 4.69) is 15.6 Å². The summed E-state index contributed by atoms with van der Waals surface area (Å²) in [4.78, 5) is 41.7. The predicted octanol–water partition coefficient (Wildman–Crippen LogP) is 5.32. The summed E-state index contributed by atoms with van der Waals surface area (Å²) in [6, 6.07) is 21.6. The molecule has 35 heavy (non-hydrogen) atoms. The number of carbonyl (C=O) groups excluding carboxylic acids is 3. The number of methoxy groups -OCH3 is 1. The highest BCUT2D eigenvalue weighted by molar-refractivity contribution is 6.10. The zero-order valence-electron chi connectivity index (χ0n) is 19.2. The van der Waals surface area contributed by atoms with E-state index < -0.39 is 17.8 Å². The number of hydrogen-bond acceptors (Lipinski definition) is 5. The lowest BCUT2D eigenvalue weighted by atomic mass is 10.0. The minimum Gasteiger partial charge on any atom is -0.465 e. The van der Waals surface area contributed by atoms with E-state index in [4.69, 9.17) is 4.74 Å². The van der Waals surface area contributed by atoms with Gasteiger partial charge in [-0.05, 0) is 65.2 Å². The molecule has 0 fully saturated rings. The van der Waals surface area contributed by atoms with Gasteiger partial charge >= 0.3 is 5.97 Å². The number of rotatable bonds is 6. The van der Waals surface area contributed by atoms with Crippen molar-refractivity contribution in [3.8, 4) is 0 Å². The van der Waals surface area contributed by atoms with E-state index in [-0.39, 0.29) is 16.8 Å². The molecule has 4 aromatic rings. The molecule has 1 aromatic heterocycles. The number of pyridine rings is 1. The Morgan fingerprint density at radius 3 is 2.29 bits per heavy atom. The molecule has 0 spiro atoms. The van der Waals surface area contributed by atoms with Crippen LogP contribution in [0.15, 0.2) is 91.3 Å². The number of benzene rings is 3. The van der Waals surface area contributed by atoms with Crippen LogP contribution in [0.4, 0.5) is 11.4 Å². The first-order valence-electron chi connectivity index (χ1n) is 10.9. The average molecular weight is 466 g/mol. The molecule has 0 saturated heterocycles. The largest absolute Gasteiger partial charge is 0.465 e. The minimum atomic E-state index is -0.628. The molecule has 0 unspecified atom stereocenters. The minimum absolute atomic E-state index is 0.137. The van der Waals surface area contributed by atoms with E-state index in [1.165, 1.54) is 31.4 Å². The van der Waals surface area contributed by atoms with Crippen molar-refractivity contribution >= 4 is 45.5 Å². The number of esters is 1. The molecule has 1 heterocycles. The summed E-state index contributed by atoms with van der Waals surface area (Å²) in [6.45, 7) is 1.84. The number of nitrogens with zero attached hydrogens (tertiary/aromatic N) is 1. The van der Waals surface area contributed by atoms with Gasteiger partial charge in [0, 0.05) is 29.7 Å². The molecule has 0 bridgehead atoms. The number of nitrogens with one attached hydrogen (secondary N) is 2. The fraction of sp³-hybridized carbons (Fsp3) is 0.0714. The van der Waals surface area contributed by atoms with E-state index >= 15 is 0 Å². The van der Waals surface area contributed by atoms with E-state index in [1.54, 1.807) is 24.5 Å². The molecule has 0 aliphatic carbocycles. The third-order valence-corrected chi connectivity index (χ3v) is 5.44. The summed E-state index contributed by atoms with van der Waals surface area (Å²) in [5, 5.41) is 7.64. The number of amides is 2. The highest BCUT2D eigenvalue weighted by Gasteiger charge is 2.17. The molecule has 2 N–H and O–H groups in total. The lowest BCUT2D eigenvalue weighted by Gasteiger charge is -2.12. The van der Waals surface area contributed by atoms with E-state index in [1.807, 2.05) is 49.4 Å². The van der Waals surface area contributed by atoms with Crippen LogP contribution >= 0.6 is 0 Å². The highest BCUT2D eigenvalue weighted by Crippen LogP contribution is 2.23. The summed E-state index contributed by atoms with van der Waals surface area (Å²) in [7, 11) is 1.25. The molecule has 2 amide bonds. The van der Waals surface area contributed by atoms with Gasteiger partial charge in [0.05, 0.1) is 18.4 Å². The first kappa shape index (κ1) is 23.4. The second-order valence-corrected chi connectivity index (χ2v) is 7.82. The quantitative estimate of drug-likeness (QED) is 0.297. The summed E-state index contributed by atoms with van der Waals surface area (Å²) in [6.07, 6.45) is 4.58. The van der Waals surface area contributed by atoms with Crippen LogP contribution in [0.3, 0.4) is 0 Å². The summed E-state index contributed by atoms with van der Waals surface area (Å²) in [5.74, 6) is -1.46. The molecule has 0 radical (unpaired) electrons. The van der Waals surface area contributed by atoms with Gasteiger partial charge in [0.25, 0.3) is 5.91 Å². The van der Waals surface area contributed by atoms with Gasteiger partial charge in [-0.15, -0.1) is 0 Å². The first-order valence-corrected chi connectivity index (χ1v) is 10.9. The van der Waals surface area contributed by atoms with Crippen molar-refractivity contribution in [2.75, 3.05) is 17.7 Å². The zero-order chi connectivity index (χ0) is 24.8. The number of aromatic nitrogens is 1. The van der Waals surface area contributed by atoms with Crippen LogP contribution in [-0.4, -0.2) is 29.9 Å². The summed E-state index contributed by atoms with van der Waals surface area (Å²) < 4.78 is 4.83. The Kier molecular flexibility index (Phi) is 6.97. The molecule has 174 valence electrons. The molecule has 4 rings (SSSR count). The fourth-order valence-electron chi connectivity index (χ4n) is 3.60. The molecule has 3 aromatic carbocycles. The standard InChI is InChI=1S/C28H23N3O4/c1-18(20-8-7-19-5-3-4-6-21(19)16-20)15-26(32)31-25-17-22(9-10-24(25)28(34)35-2)27(33)30-23-11-13-29-14-12-23/h3-17H,1-2H3,(H,31,32)(H,29,30,33)/b18-15-. The Hall–Kier alpha value is -4.78. The van der Waals surface area contributed by atoms with Crippen molar-refractivity contribution in [1.82, 2.24) is 4.98 Å². The second-order valence-electron chi connectivity index (χ2n) is 7.82. The number of allylic oxidation sites excluding steroid dienone is 1. The van der Waals surface area contributed by atoms with E-state index in [9.17, 15) is 14.4 Å². The van der Waals surface area contributed by atoms with Gasteiger partial charge in [-0.1, -0.05) is 36.4 Å². The van der Waals surface area contributed by atoms with Gasteiger partial charge < -0.3 is 15.4 Å². The van der Waals surface area contributed by atoms with E-state index in [0.29, 0.717) is 5.69 Å². The van der Waals surface area contributed by atoms with Crippen LogP contribution in [0.2, 0.25) is 0 Å².